The average molecular weight is 342 g/mol. The lowest BCUT2D eigenvalue weighted by atomic mass is 9.98. The molecule has 1 atom stereocenters. The summed E-state index contributed by atoms with van der Waals surface area (Å²) in [4.78, 5) is 0. The SMILES string of the molecule is COc1ccc(Cl)cc1C(NN)c1ccc(Br)cc1. The third-order valence-corrected chi connectivity index (χ3v) is 3.64. The molecule has 0 fully saturated rings. The number of nitrogens with one attached hydrogen (secondary N) is 1. The zero-order chi connectivity index (χ0) is 13.8. The van der Waals surface area contributed by atoms with Crippen molar-refractivity contribution in [3.05, 3.63) is 63.1 Å². The standard InChI is InChI=1S/C14H14BrClN2O/c1-19-13-7-6-11(16)8-12(13)14(18-17)9-2-4-10(15)5-3-9/h2-8,14,18H,17H2,1H3. The molecular formula is C14H14BrClN2O. The summed E-state index contributed by atoms with van der Waals surface area (Å²) in [6.45, 7) is 0. The minimum absolute atomic E-state index is 0.179. The molecule has 0 aliphatic carbocycles. The maximum Gasteiger partial charge on any atom is 0.124 e. The number of nitrogens with two attached hydrogens (primary N) is 1. The van der Waals surface area contributed by atoms with E-state index in [4.69, 9.17) is 22.2 Å². The fourth-order valence-electron chi connectivity index (χ4n) is 1.95. The van der Waals surface area contributed by atoms with Gasteiger partial charge in [-0.2, -0.15) is 0 Å². The van der Waals surface area contributed by atoms with Gasteiger partial charge in [0.05, 0.1) is 13.2 Å². The monoisotopic (exact) mass is 340 g/mol. The Morgan fingerprint density at radius 1 is 1.21 bits per heavy atom. The third kappa shape index (κ3) is 3.28. The second kappa shape index (κ2) is 6.39. The maximum absolute atomic E-state index is 6.06. The highest BCUT2D eigenvalue weighted by molar-refractivity contribution is 9.10. The van der Waals surface area contributed by atoms with E-state index in [1.54, 1.807) is 13.2 Å². The molecule has 19 heavy (non-hydrogen) atoms. The molecule has 0 aromatic heterocycles. The first-order chi connectivity index (χ1) is 9.15. The van der Waals surface area contributed by atoms with Crippen molar-refractivity contribution in [1.29, 1.82) is 0 Å². The maximum atomic E-state index is 6.06. The van der Waals surface area contributed by atoms with E-state index in [0.717, 1.165) is 21.3 Å². The Kier molecular flexibility index (Phi) is 4.82. The highest BCUT2D eigenvalue weighted by atomic mass is 79.9. The lowest BCUT2D eigenvalue weighted by molar-refractivity contribution is 0.404. The highest BCUT2D eigenvalue weighted by Crippen LogP contribution is 2.32. The minimum atomic E-state index is -0.179. The van der Waals surface area contributed by atoms with E-state index in [9.17, 15) is 0 Å². The van der Waals surface area contributed by atoms with Crippen molar-refractivity contribution in [2.24, 2.45) is 5.84 Å². The van der Waals surface area contributed by atoms with Crippen LogP contribution in [0.5, 0.6) is 5.75 Å². The molecule has 2 aromatic rings. The van der Waals surface area contributed by atoms with E-state index >= 15 is 0 Å². The lowest BCUT2D eigenvalue weighted by Gasteiger charge is -2.20. The molecule has 0 heterocycles. The Balaban J connectivity index is 2.47. The van der Waals surface area contributed by atoms with Gasteiger partial charge in [-0.15, -0.1) is 0 Å². The summed E-state index contributed by atoms with van der Waals surface area (Å²) in [5.74, 6) is 6.43. The second-order valence-corrected chi connectivity index (χ2v) is 5.39. The first kappa shape index (κ1) is 14.3. The van der Waals surface area contributed by atoms with Crippen molar-refractivity contribution in [1.82, 2.24) is 5.43 Å². The fraction of sp³-hybridized carbons (Fsp3) is 0.143. The number of hydrogen-bond donors (Lipinski definition) is 2. The zero-order valence-corrected chi connectivity index (χ0v) is 12.7. The molecule has 0 saturated heterocycles. The van der Waals surface area contributed by atoms with Gasteiger partial charge in [-0.05, 0) is 35.9 Å². The number of halogens is 2. The molecule has 100 valence electrons. The van der Waals surface area contributed by atoms with E-state index in [1.807, 2.05) is 36.4 Å². The zero-order valence-electron chi connectivity index (χ0n) is 10.4. The molecule has 3 nitrogen and oxygen atoms in total. The summed E-state index contributed by atoms with van der Waals surface area (Å²) < 4.78 is 6.38. The van der Waals surface area contributed by atoms with E-state index in [0.29, 0.717) is 5.02 Å². The number of hydrogen-bond acceptors (Lipinski definition) is 3. The van der Waals surface area contributed by atoms with Gasteiger partial charge in [-0.1, -0.05) is 39.7 Å². The van der Waals surface area contributed by atoms with Gasteiger partial charge < -0.3 is 4.74 Å². The number of methoxy groups -OCH3 is 1. The van der Waals surface area contributed by atoms with Gasteiger partial charge in [0.2, 0.25) is 0 Å². The Morgan fingerprint density at radius 3 is 2.47 bits per heavy atom. The summed E-state index contributed by atoms with van der Waals surface area (Å²) in [5.41, 5.74) is 4.74. The van der Waals surface area contributed by atoms with Crippen LogP contribution < -0.4 is 16.0 Å². The second-order valence-electron chi connectivity index (χ2n) is 4.04. The van der Waals surface area contributed by atoms with Gasteiger partial charge in [0.25, 0.3) is 0 Å². The molecule has 2 rings (SSSR count). The van der Waals surface area contributed by atoms with E-state index < -0.39 is 0 Å². The molecule has 0 amide bonds. The lowest BCUT2D eigenvalue weighted by Crippen LogP contribution is -2.29. The molecule has 1 unspecified atom stereocenters. The predicted octanol–water partition coefficient (Wildman–Crippen LogP) is 3.66. The molecule has 0 radical (unpaired) electrons. The van der Waals surface area contributed by atoms with Crippen LogP contribution in [0.3, 0.4) is 0 Å². The van der Waals surface area contributed by atoms with Crippen LogP contribution in [0.1, 0.15) is 17.2 Å². The van der Waals surface area contributed by atoms with Gasteiger partial charge in [-0.25, -0.2) is 5.43 Å². The molecular weight excluding hydrogens is 328 g/mol. The first-order valence-electron chi connectivity index (χ1n) is 5.70. The summed E-state index contributed by atoms with van der Waals surface area (Å²) in [7, 11) is 1.63. The molecule has 0 spiro atoms. The first-order valence-corrected chi connectivity index (χ1v) is 6.88. The fourth-order valence-corrected chi connectivity index (χ4v) is 2.40. The topological polar surface area (TPSA) is 47.3 Å². The Labute approximate surface area is 125 Å². The van der Waals surface area contributed by atoms with Crippen molar-refractivity contribution in [2.75, 3.05) is 7.11 Å². The number of rotatable bonds is 4. The molecule has 0 aliphatic rings. The predicted molar refractivity (Wildman–Crippen MR) is 81.3 cm³/mol. The van der Waals surface area contributed by atoms with Crippen molar-refractivity contribution in [3.8, 4) is 5.75 Å². The third-order valence-electron chi connectivity index (χ3n) is 2.87. The number of hydrazine groups is 1. The van der Waals surface area contributed by atoms with Crippen LogP contribution in [0.4, 0.5) is 0 Å². The average Bonchev–Trinajstić information content (AvgIpc) is 2.42. The highest BCUT2D eigenvalue weighted by Gasteiger charge is 2.17. The number of benzene rings is 2. The van der Waals surface area contributed by atoms with E-state index in [-0.39, 0.29) is 6.04 Å². The summed E-state index contributed by atoms with van der Waals surface area (Å²) in [6, 6.07) is 13.2. The van der Waals surface area contributed by atoms with Gasteiger partial charge in [-0.3, -0.25) is 5.84 Å². The summed E-state index contributed by atoms with van der Waals surface area (Å²) in [6.07, 6.45) is 0. The van der Waals surface area contributed by atoms with Crippen molar-refractivity contribution in [2.45, 2.75) is 6.04 Å². The molecule has 0 saturated carbocycles. The van der Waals surface area contributed by atoms with Gasteiger partial charge in [0, 0.05) is 15.1 Å². The molecule has 0 aliphatic heterocycles. The van der Waals surface area contributed by atoms with E-state index in [1.165, 1.54) is 0 Å². The quantitative estimate of drug-likeness (QED) is 0.659. The van der Waals surface area contributed by atoms with Crippen LogP contribution in [0.2, 0.25) is 5.02 Å². The van der Waals surface area contributed by atoms with Crippen molar-refractivity contribution >= 4 is 27.5 Å². The van der Waals surface area contributed by atoms with Crippen LogP contribution in [0.25, 0.3) is 0 Å². The molecule has 0 bridgehead atoms. The molecule has 5 heteroatoms. The van der Waals surface area contributed by atoms with Crippen LogP contribution in [-0.4, -0.2) is 7.11 Å². The molecule has 3 N–H and O–H groups in total. The van der Waals surface area contributed by atoms with Gasteiger partial charge in [0.15, 0.2) is 0 Å². The van der Waals surface area contributed by atoms with Gasteiger partial charge >= 0.3 is 0 Å². The summed E-state index contributed by atoms with van der Waals surface area (Å²) in [5, 5.41) is 0.646. The summed E-state index contributed by atoms with van der Waals surface area (Å²) >= 11 is 9.47. The van der Waals surface area contributed by atoms with Gasteiger partial charge in [0.1, 0.15) is 5.75 Å². The van der Waals surface area contributed by atoms with Crippen molar-refractivity contribution < 1.29 is 4.74 Å². The van der Waals surface area contributed by atoms with Crippen LogP contribution >= 0.6 is 27.5 Å². The number of ether oxygens (including phenoxy) is 1. The largest absolute Gasteiger partial charge is 0.496 e. The van der Waals surface area contributed by atoms with E-state index in [2.05, 4.69) is 21.4 Å². The van der Waals surface area contributed by atoms with Crippen LogP contribution in [0.15, 0.2) is 46.9 Å². The smallest absolute Gasteiger partial charge is 0.124 e. The molecule has 2 aromatic carbocycles. The Morgan fingerprint density at radius 2 is 1.89 bits per heavy atom. The Bertz CT molecular complexity index is 560. The minimum Gasteiger partial charge on any atom is -0.496 e. The van der Waals surface area contributed by atoms with Crippen LogP contribution in [0, 0.1) is 0 Å². The normalized spacial score (nSPS) is 12.2. The Hall–Kier alpha value is -1.07. The van der Waals surface area contributed by atoms with Crippen LogP contribution in [-0.2, 0) is 0 Å². The van der Waals surface area contributed by atoms with Crippen molar-refractivity contribution in [3.63, 3.8) is 0 Å².